The average molecular weight is 283 g/mol. The lowest BCUT2D eigenvalue weighted by molar-refractivity contribution is -0.142. The van der Waals surface area contributed by atoms with Crippen molar-refractivity contribution >= 4 is 23.5 Å². The Bertz CT molecular complexity index is 512. The molecule has 0 aliphatic carbocycles. The summed E-state index contributed by atoms with van der Waals surface area (Å²) in [7, 11) is 0. The number of halogens is 1. The Morgan fingerprint density at radius 1 is 1.42 bits per heavy atom. The Labute approximate surface area is 116 Å². The number of carboxylic acids is 1. The van der Waals surface area contributed by atoms with Gasteiger partial charge in [-0.1, -0.05) is 18.5 Å². The lowest BCUT2D eigenvalue weighted by Gasteiger charge is -2.16. The molecule has 2 heterocycles. The number of aryl methyl sites for hydroxylation is 1. The summed E-state index contributed by atoms with van der Waals surface area (Å²) in [6.45, 7) is 4.30. The molecule has 0 bridgehead atoms. The summed E-state index contributed by atoms with van der Waals surface area (Å²) in [4.78, 5) is 28.9. The highest BCUT2D eigenvalue weighted by Gasteiger charge is 2.37. The van der Waals surface area contributed by atoms with Crippen LogP contribution in [0.15, 0.2) is 12.1 Å². The Morgan fingerprint density at radius 3 is 2.63 bits per heavy atom. The van der Waals surface area contributed by atoms with Crippen LogP contribution in [0.4, 0.5) is 0 Å². The Kier molecular flexibility index (Phi) is 3.75. The van der Waals surface area contributed by atoms with Gasteiger partial charge in [0.25, 0.3) is 5.91 Å². The molecule has 2 rings (SSSR count). The van der Waals surface area contributed by atoms with Crippen LogP contribution in [0.2, 0.25) is 5.15 Å². The van der Waals surface area contributed by atoms with Gasteiger partial charge in [-0.25, -0.2) is 4.98 Å². The van der Waals surface area contributed by atoms with Crippen molar-refractivity contribution in [3.05, 3.63) is 28.5 Å². The molecule has 1 aliphatic rings. The van der Waals surface area contributed by atoms with Crippen molar-refractivity contribution in [1.82, 2.24) is 9.88 Å². The summed E-state index contributed by atoms with van der Waals surface area (Å²) in [5.41, 5.74) is 1.12. The predicted octanol–water partition coefficient (Wildman–Crippen LogP) is 1.84. The number of hydrogen-bond donors (Lipinski definition) is 1. The summed E-state index contributed by atoms with van der Waals surface area (Å²) in [5, 5.41) is 9.34. The Morgan fingerprint density at radius 2 is 2.11 bits per heavy atom. The number of carbonyl (C=O) groups excluding carboxylic acids is 1. The number of hydrogen-bond acceptors (Lipinski definition) is 3. The van der Waals surface area contributed by atoms with E-state index in [1.807, 2.05) is 6.92 Å². The van der Waals surface area contributed by atoms with Crippen LogP contribution in [0.1, 0.15) is 23.0 Å². The lowest BCUT2D eigenvalue weighted by atomic mass is 9.99. The number of pyridine rings is 1. The smallest absolute Gasteiger partial charge is 0.308 e. The SMILES string of the molecule is Cc1cc(C(=O)N2CC(C)C(C(=O)O)C2)cc(Cl)n1. The molecule has 0 radical (unpaired) electrons. The van der Waals surface area contributed by atoms with Gasteiger partial charge in [-0.3, -0.25) is 9.59 Å². The molecule has 2 atom stereocenters. The van der Waals surface area contributed by atoms with Crippen LogP contribution in [0.3, 0.4) is 0 Å². The van der Waals surface area contributed by atoms with E-state index in [-0.39, 0.29) is 23.5 Å². The van der Waals surface area contributed by atoms with Crippen LogP contribution in [0.5, 0.6) is 0 Å². The minimum absolute atomic E-state index is 0.0418. The van der Waals surface area contributed by atoms with E-state index in [9.17, 15) is 9.59 Å². The van der Waals surface area contributed by atoms with Crippen molar-refractivity contribution in [2.45, 2.75) is 13.8 Å². The molecule has 1 aromatic rings. The van der Waals surface area contributed by atoms with Gasteiger partial charge < -0.3 is 10.0 Å². The lowest BCUT2D eigenvalue weighted by Crippen LogP contribution is -2.30. The van der Waals surface area contributed by atoms with Gasteiger partial charge in [0, 0.05) is 24.3 Å². The highest BCUT2D eigenvalue weighted by molar-refractivity contribution is 6.29. The van der Waals surface area contributed by atoms with Crippen LogP contribution < -0.4 is 0 Å². The van der Waals surface area contributed by atoms with Crippen LogP contribution in [0, 0.1) is 18.8 Å². The van der Waals surface area contributed by atoms with Crippen LogP contribution in [0.25, 0.3) is 0 Å². The first-order valence-corrected chi connectivity index (χ1v) is 6.42. The van der Waals surface area contributed by atoms with Crippen LogP contribution >= 0.6 is 11.6 Å². The fourth-order valence-corrected chi connectivity index (χ4v) is 2.64. The molecule has 0 aromatic carbocycles. The van der Waals surface area contributed by atoms with Gasteiger partial charge >= 0.3 is 5.97 Å². The van der Waals surface area contributed by atoms with E-state index in [1.165, 1.54) is 6.07 Å². The van der Waals surface area contributed by atoms with E-state index in [0.717, 1.165) is 0 Å². The molecule has 0 spiro atoms. The summed E-state index contributed by atoms with van der Waals surface area (Å²) in [6.07, 6.45) is 0. The third-order valence-corrected chi connectivity index (χ3v) is 3.58. The zero-order valence-electron chi connectivity index (χ0n) is 10.8. The van der Waals surface area contributed by atoms with Gasteiger partial charge in [-0.05, 0) is 25.0 Å². The standard InChI is InChI=1S/C13H15ClN2O3/c1-7-5-16(6-10(7)13(18)19)12(17)9-3-8(2)15-11(14)4-9/h3-4,7,10H,5-6H2,1-2H3,(H,18,19). The van der Waals surface area contributed by atoms with Crippen LogP contribution in [-0.2, 0) is 4.79 Å². The Balaban J connectivity index is 2.19. The molecule has 2 unspecified atom stereocenters. The normalized spacial score (nSPS) is 22.6. The van der Waals surface area contributed by atoms with E-state index in [1.54, 1.807) is 17.9 Å². The monoisotopic (exact) mass is 282 g/mol. The van der Waals surface area contributed by atoms with Gasteiger partial charge in [0.15, 0.2) is 0 Å². The summed E-state index contributed by atoms with van der Waals surface area (Å²) < 4.78 is 0. The third kappa shape index (κ3) is 2.87. The summed E-state index contributed by atoms with van der Waals surface area (Å²) in [5.74, 6) is -1.59. The largest absolute Gasteiger partial charge is 0.481 e. The molecule has 5 nitrogen and oxygen atoms in total. The molecule has 1 saturated heterocycles. The zero-order chi connectivity index (χ0) is 14.2. The molecular weight excluding hydrogens is 268 g/mol. The van der Waals surface area contributed by atoms with Gasteiger partial charge in [0.2, 0.25) is 0 Å². The minimum Gasteiger partial charge on any atom is -0.481 e. The van der Waals surface area contributed by atoms with Crippen LogP contribution in [-0.4, -0.2) is 40.0 Å². The minimum atomic E-state index is -0.855. The highest BCUT2D eigenvalue weighted by atomic mass is 35.5. The fraction of sp³-hybridized carbons (Fsp3) is 0.462. The number of likely N-dealkylation sites (tertiary alicyclic amines) is 1. The average Bonchev–Trinajstić information content (AvgIpc) is 2.69. The first kappa shape index (κ1) is 13.8. The second kappa shape index (κ2) is 5.17. The van der Waals surface area contributed by atoms with Crippen molar-refractivity contribution < 1.29 is 14.7 Å². The van der Waals surface area contributed by atoms with Gasteiger partial charge in [-0.2, -0.15) is 0 Å². The molecule has 102 valence electrons. The van der Waals surface area contributed by atoms with E-state index < -0.39 is 11.9 Å². The second-order valence-corrected chi connectivity index (χ2v) is 5.34. The van der Waals surface area contributed by atoms with Crippen molar-refractivity contribution in [3.63, 3.8) is 0 Å². The molecule has 1 aliphatic heterocycles. The first-order chi connectivity index (χ1) is 8.88. The molecule has 1 aromatic heterocycles. The molecular formula is C13H15ClN2O3. The van der Waals surface area contributed by atoms with Gasteiger partial charge in [-0.15, -0.1) is 0 Å². The van der Waals surface area contributed by atoms with Crippen molar-refractivity contribution in [2.75, 3.05) is 13.1 Å². The molecule has 1 N–H and O–H groups in total. The van der Waals surface area contributed by atoms with E-state index in [4.69, 9.17) is 16.7 Å². The maximum absolute atomic E-state index is 12.3. The highest BCUT2D eigenvalue weighted by Crippen LogP contribution is 2.25. The van der Waals surface area contributed by atoms with Gasteiger partial charge in [0.05, 0.1) is 5.92 Å². The van der Waals surface area contributed by atoms with Gasteiger partial charge in [0.1, 0.15) is 5.15 Å². The molecule has 6 heteroatoms. The van der Waals surface area contributed by atoms with E-state index in [2.05, 4.69) is 4.98 Å². The maximum Gasteiger partial charge on any atom is 0.308 e. The molecule has 1 fully saturated rings. The number of aliphatic carboxylic acids is 1. The fourth-order valence-electron chi connectivity index (χ4n) is 2.39. The van der Waals surface area contributed by atoms with E-state index >= 15 is 0 Å². The topological polar surface area (TPSA) is 70.5 Å². The number of aromatic nitrogens is 1. The number of carbonyl (C=O) groups is 2. The Hall–Kier alpha value is -1.62. The number of nitrogens with zero attached hydrogens (tertiary/aromatic N) is 2. The predicted molar refractivity (Wildman–Crippen MR) is 70.2 cm³/mol. The second-order valence-electron chi connectivity index (χ2n) is 4.95. The van der Waals surface area contributed by atoms with Crippen molar-refractivity contribution in [1.29, 1.82) is 0 Å². The van der Waals surface area contributed by atoms with E-state index in [0.29, 0.717) is 17.8 Å². The maximum atomic E-state index is 12.3. The number of amides is 1. The molecule has 1 amide bonds. The molecule has 0 saturated carbocycles. The quantitative estimate of drug-likeness (QED) is 0.840. The van der Waals surface area contributed by atoms with Crippen molar-refractivity contribution in [3.8, 4) is 0 Å². The number of rotatable bonds is 2. The summed E-state index contributed by atoms with van der Waals surface area (Å²) in [6, 6.07) is 3.17. The summed E-state index contributed by atoms with van der Waals surface area (Å²) >= 11 is 5.83. The first-order valence-electron chi connectivity index (χ1n) is 6.04. The van der Waals surface area contributed by atoms with Crippen molar-refractivity contribution in [2.24, 2.45) is 11.8 Å². The molecule has 19 heavy (non-hydrogen) atoms. The number of carboxylic acid groups (broad SMARTS) is 1. The zero-order valence-corrected chi connectivity index (χ0v) is 11.5. The third-order valence-electron chi connectivity index (χ3n) is 3.39.